The lowest BCUT2D eigenvalue weighted by Crippen LogP contribution is -2.49. The average molecular weight is 464 g/mol. The predicted octanol–water partition coefficient (Wildman–Crippen LogP) is 4.29. The Labute approximate surface area is 199 Å². The summed E-state index contributed by atoms with van der Waals surface area (Å²) >= 11 is 0. The van der Waals surface area contributed by atoms with Gasteiger partial charge in [0.15, 0.2) is 5.94 Å². The van der Waals surface area contributed by atoms with Crippen molar-refractivity contribution in [3.8, 4) is 5.75 Å². The minimum absolute atomic E-state index is 0.103. The van der Waals surface area contributed by atoms with E-state index in [0.29, 0.717) is 37.3 Å². The van der Waals surface area contributed by atoms with Crippen LogP contribution in [0.1, 0.15) is 38.7 Å². The summed E-state index contributed by atoms with van der Waals surface area (Å²) in [5.74, 6) is 3.80. The van der Waals surface area contributed by atoms with Crippen LogP contribution in [0.2, 0.25) is 0 Å². The number of nitrogens with one attached hydrogen (secondary N) is 1. The molecule has 1 fully saturated rings. The molecule has 0 bridgehead atoms. The van der Waals surface area contributed by atoms with E-state index >= 15 is 0 Å². The maximum absolute atomic E-state index is 13.3. The number of carbonyl (C=O) groups is 1. The Hall–Kier alpha value is -3.79. The van der Waals surface area contributed by atoms with E-state index in [9.17, 15) is 14.4 Å². The molecule has 7 nitrogen and oxygen atoms in total. The van der Waals surface area contributed by atoms with Gasteiger partial charge in [0, 0.05) is 11.3 Å². The first-order chi connectivity index (χ1) is 16.6. The van der Waals surface area contributed by atoms with Crippen LogP contribution in [0.5, 0.6) is 5.75 Å². The lowest BCUT2D eigenvalue weighted by atomic mass is 9.74. The lowest BCUT2D eigenvalue weighted by molar-refractivity contribution is -0.153. The molecule has 2 unspecified atom stereocenters. The highest BCUT2D eigenvalue weighted by atomic mass is 16.5. The molecule has 1 saturated carbocycles. The van der Waals surface area contributed by atoms with Gasteiger partial charge in [0.05, 0.1) is 13.2 Å². The van der Waals surface area contributed by atoms with Crippen LogP contribution in [0.15, 0.2) is 65.9 Å². The van der Waals surface area contributed by atoms with E-state index < -0.39 is 17.4 Å². The van der Waals surface area contributed by atoms with Crippen molar-refractivity contribution in [2.45, 2.75) is 45.8 Å². The molecule has 0 amide bonds. The molecule has 1 N–H and O–H groups in total. The fourth-order valence-corrected chi connectivity index (χ4v) is 4.28. The van der Waals surface area contributed by atoms with E-state index in [1.54, 1.807) is 31.2 Å². The van der Waals surface area contributed by atoms with E-state index in [2.05, 4.69) is 5.32 Å². The van der Waals surface area contributed by atoms with Gasteiger partial charge in [-0.1, -0.05) is 30.3 Å². The summed E-state index contributed by atoms with van der Waals surface area (Å²) in [5.41, 5.74) is 0.286. The molecular weight excluding hydrogens is 434 g/mol. The number of ether oxygens (including phenoxy) is 3. The molecule has 0 aromatic heterocycles. The number of rotatable bonds is 11. The summed E-state index contributed by atoms with van der Waals surface area (Å²) in [6.45, 7) is 4.35. The summed E-state index contributed by atoms with van der Waals surface area (Å²) in [6.07, 6.45) is 1.27. The van der Waals surface area contributed by atoms with E-state index in [-0.39, 0.29) is 24.5 Å². The fraction of sp³-hybridized carbons (Fsp3) is 0.370. The number of hydrogen-bond donors (Lipinski definition) is 1. The zero-order valence-corrected chi connectivity index (χ0v) is 19.5. The second-order valence-corrected chi connectivity index (χ2v) is 7.90. The van der Waals surface area contributed by atoms with Crippen LogP contribution in [-0.2, 0) is 30.5 Å². The first-order valence-corrected chi connectivity index (χ1v) is 11.4. The molecular formula is C27H29NO6. The molecule has 1 aliphatic rings. The van der Waals surface area contributed by atoms with Gasteiger partial charge in [0.2, 0.25) is 5.76 Å². The largest absolute Gasteiger partial charge is 0.494 e. The summed E-state index contributed by atoms with van der Waals surface area (Å²) in [5, 5.41) is 3.24. The summed E-state index contributed by atoms with van der Waals surface area (Å²) in [6, 6.07) is 15.4. The van der Waals surface area contributed by atoms with Crippen LogP contribution in [0.3, 0.4) is 0 Å². The number of esters is 1. The Balaban J connectivity index is 2.02. The smallest absolute Gasteiger partial charge is 0.319 e. The highest BCUT2D eigenvalue weighted by Crippen LogP contribution is 2.48. The van der Waals surface area contributed by atoms with Gasteiger partial charge in [0.1, 0.15) is 29.8 Å². The molecule has 34 heavy (non-hydrogen) atoms. The molecule has 0 spiro atoms. The van der Waals surface area contributed by atoms with Crippen molar-refractivity contribution in [3.63, 3.8) is 0 Å². The highest BCUT2D eigenvalue weighted by molar-refractivity contribution is 5.88. The number of benzene rings is 2. The first-order valence-electron chi connectivity index (χ1n) is 11.4. The zero-order valence-electron chi connectivity index (χ0n) is 19.5. The second kappa shape index (κ2) is 11.9. The fourth-order valence-electron chi connectivity index (χ4n) is 4.28. The molecule has 0 saturated heterocycles. The average Bonchev–Trinajstić information content (AvgIpc) is 3.30. The van der Waals surface area contributed by atoms with Gasteiger partial charge in [-0.15, -0.1) is 0 Å². The van der Waals surface area contributed by atoms with Crippen molar-refractivity contribution in [2.75, 3.05) is 18.5 Å². The number of anilines is 1. The Morgan fingerprint density at radius 2 is 1.76 bits per heavy atom. The highest BCUT2D eigenvalue weighted by Gasteiger charge is 2.56. The van der Waals surface area contributed by atoms with Crippen molar-refractivity contribution in [3.05, 3.63) is 71.5 Å². The monoisotopic (exact) mass is 463 g/mol. The predicted molar refractivity (Wildman–Crippen MR) is 128 cm³/mol. The number of carbonyl (C=O) groups excluding carboxylic acids is 3. The Morgan fingerprint density at radius 1 is 1.03 bits per heavy atom. The molecule has 7 heteroatoms. The Bertz CT molecular complexity index is 1070. The zero-order chi connectivity index (χ0) is 24.4. The SMILES string of the molecule is CCOC(=O)C1(C(Nc2ccc(OCC)cc2)C(=C=O)OCc2ccccc2)CCCC1=C=O. The van der Waals surface area contributed by atoms with Crippen molar-refractivity contribution in [1.29, 1.82) is 0 Å². The van der Waals surface area contributed by atoms with Gasteiger partial charge >= 0.3 is 5.97 Å². The van der Waals surface area contributed by atoms with E-state index in [1.165, 1.54) is 0 Å². The first kappa shape index (κ1) is 24.8. The quantitative estimate of drug-likeness (QED) is 0.302. The van der Waals surface area contributed by atoms with Crippen LogP contribution in [0.25, 0.3) is 0 Å². The molecule has 2 aromatic rings. The minimum Gasteiger partial charge on any atom is -0.494 e. The van der Waals surface area contributed by atoms with E-state index in [1.807, 2.05) is 49.1 Å². The minimum atomic E-state index is -1.43. The summed E-state index contributed by atoms with van der Waals surface area (Å²) in [4.78, 5) is 37.4. The molecule has 2 atom stereocenters. The Morgan fingerprint density at radius 3 is 2.38 bits per heavy atom. The van der Waals surface area contributed by atoms with Gasteiger partial charge in [-0.05, 0) is 62.9 Å². The van der Waals surface area contributed by atoms with Gasteiger partial charge < -0.3 is 19.5 Å². The van der Waals surface area contributed by atoms with Crippen LogP contribution in [0.4, 0.5) is 5.69 Å². The molecule has 3 rings (SSSR count). The van der Waals surface area contributed by atoms with Crippen LogP contribution < -0.4 is 10.1 Å². The molecule has 0 aliphatic heterocycles. The van der Waals surface area contributed by atoms with Gasteiger partial charge in [-0.2, -0.15) is 0 Å². The third-order valence-corrected chi connectivity index (χ3v) is 5.87. The van der Waals surface area contributed by atoms with Gasteiger partial charge in [-0.25, -0.2) is 9.59 Å². The van der Waals surface area contributed by atoms with Crippen molar-refractivity contribution in [1.82, 2.24) is 0 Å². The maximum Gasteiger partial charge on any atom is 0.319 e. The molecule has 0 heterocycles. The topological polar surface area (TPSA) is 90.9 Å². The molecule has 0 radical (unpaired) electrons. The molecule has 178 valence electrons. The molecule has 2 aromatic carbocycles. The Kier molecular flexibility index (Phi) is 8.69. The maximum atomic E-state index is 13.3. The second-order valence-electron chi connectivity index (χ2n) is 7.90. The third kappa shape index (κ3) is 5.40. The summed E-state index contributed by atoms with van der Waals surface area (Å²) in [7, 11) is 0. The number of hydrogen-bond acceptors (Lipinski definition) is 7. The van der Waals surface area contributed by atoms with Gasteiger partial charge in [0.25, 0.3) is 0 Å². The third-order valence-electron chi connectivity index (χ3n) is 5.87. The van der Waals surface area contributed by atoms with Crippen molar-refractivity contribution in [2.24, 2.45) is 5.41 Å². The van der Waals surface area contributed by atoms with Crippen molar-refractivity contribution >= 4 is 23.5 Å². The van der Waals surface area contributed by atoms with E-state index in [4.69, 9.17) is 14.2 Å². The standard InChI is InChI=1S/C27H29NO6/c1-3-32-23-14-12-22(13-15-23)28-25(24(18-30)34-19-20-9-6-5-7-10-20)27(26(31)33-4-2)16-8-11-21(27)17-29/h5-7,9-10,12-15,25,28H,3-4,8,11,16,19H2,1-2H3. The normalized spacial score (nSPS) is 17.8. The van der Waals surface area contributed by atoms with E-state index in [0.717, 1.165) is 5.56 Å². The van der Waals surface area contributed by atoms with Crippen LogP contribution in [0, 0.1) is 5.41 Å². The van der Waals surface area contributed by atoms with Gasteiger partial charge in [-0.3, -0.25) is 4.79 Å². The molecule has 1 aliphatic carbocycles. The summed E-state index contributed by atoms with van der Waals surface area (Å²) < 4.78 is 16.8. The van der Waals surface area contributed by atoms with Crippen molar-refractivity contribution < 1.29 is 28.6 Å². The van der Waals surface area contributed by atoms with Crippen LogP contribution in [-0.4, -0.2) is 37.1 Å². The van der Waals surface area contributed by atoms with Crippen LogP contribution >= 0.6 is 0 Å². The lowest BCUT2D eigenvalue weighted by Gasteiger charge is -2.36.